The first-order valence-electron chi connectivity index (χ1n) is 37.0. The Balaban J connectivity index is 0.000000207. The quantitative estimate of drug-likeness (QED) is 0.0519. The molecule has 568 valence electrons. The number of nitrogens with zero attached hydrogens (tertiary/aromatic N) is 3. The van der Waals surface area contributed by atoms with Gasteiger partial charge in [-0.05, 0) is 293 Å². The zero-order valence-corrected chi connectivity index (χ0v) is 71.5. The van der Waals surface area contributed by atoms with E-state index in [0.717, 1.165) is 147 Å². The maximum absolute atomic E-state index is 13.2. The third kappa shape index (κ3) is 22.1. The number of carboxylic acid groups (broad SMARTS) is 1. The smallest absolute Gasteiger partial charge is 0.479 e. The lowest BCUT2D eigenvalue weighted by Gasteiger charge is -2.32. The van der Waals surface area contributed by atoms with Crippen LogP contribution in [0.25, 0.3) is 37.9 Å². The molecule has 7 heterocycles. The lowest BCUT2D eigenvalue weighted by Crippen LogP contribution is -2.41. The molecular weight excluding hydrogens is 1430 g/mol. The fraction of sp³-hybridized carbons (Fsp3) is 0.576. The van der Waals surface area contributed by atoms with Gasteiger partial charge in [-0.15, -0.1) is 34.0 Å². The number of halogens is 1. The summed E-state index contributed by atoms with van der Waals surface area (Å²) in [6.07, 6.45) is 18.9. The predicted molar refractivity (Wildman–Crippen MR) is 434 cm³/mol. The Kier molecular flexibility index (Phi) is 28.4. The molecule has 0 saturated carbocycles. The summed E-state index contributed by atoms with van der Waals surface area (Å²) in [6, 6.07) is 12.0. The van der Waals surface area contributed by atoms with Gasteiger partial charge in [-0.25, -0.2) is 19.4 Å². The molecular formula is C85H119BBrN3O11S3. The highest BCUT2D eigenvalue weighted by Gasteiger charge is 2.54. The Morgan fingerprint density at radius 1 is 0.510 bits per heavy atom. The number of esters is 2. The highest BCUT2D eigenvalue weighted by Crippen LogP contribution is 2.52. The standard InChI is InChI=1S/C27H43BO5S.C27H37NO3S.C25H33NO3S.C6H6BrN/c1-12-30-23(29)21(31-24(3,4)5)19-17(2)34-22(28-32-26(8,9)27(10,11)33-28)20(19)18-13-15-25(6,7)16-14-18;1-9-30-25(29)23(31-26(4,5)6)20-18(3)32-24(22-17(2)11-10-16-28-22)21(20)19-12-14-27(7,8)15-13-19;1-15-9-8-14-26-20(15)22-19(17-10-12-25(6,7)13-11-17)18(16(2)30-22)21(23(27)28)29-24(3,4)5;1-5-3-2-4-8-6(5)7/h13,21H,12,14-16H2,1-11H3;10-12,16,23H,9,13-15H2,1-8H3;8-10,14,21H,11-13H2,1-7H3,(H,27,28);2-4H,1H3. The molecule has 0 radical (unpaired) electrons. The Morgan fingerprint density at radius 2 is 0.837 bits per heavy atom. The fourth-order valence-corrected chi connectivity index (χ4v) is 17.1. The molecule has 0 amide bonds. The number of hydrogen-bond donors (Lipinski definition) is 1. The number of aryl methyl sites for hydroxylation is 6. The number of thiophene rings is 3. The van der Waals surface area contributed by atoms with Crippen LogP contribution in [0.5, 0.6) is 0 Å². The lowest BCUT2D eigenvalue weighted by molar-refractivity contribution is -0.167. The van der Waals surface area contributed by atoms with Crippen LogP contribution in [0.2, 0.25) is 0 Å². The van der Waals surface area contributed by atoms with Gasteiger partial charge in [-0.1, -0.05) is 78.0 Å². The van der Waals surface area contributed by atoms with Crippen molar-refractivity contribution >= 4 is 96.5 Å². The topological polar surface area (TPSA) is 175 Å². The van der Waals surface area contributed by atoms with Crippen molar-refractivity contribution in [3.8, 4) is 21.1 Å². The third-order valence-corrected chi connectivity index (χ3v) is 23.8. The molecule has 1 saturated heterocycles. The van der Waals surface area contributed by atoms with Crippen LogP contribution in [0.15, 0.2) is 77.8 Å². The van der Waals surface area contributed by atoms with Gasteiger partial charge in [0.05, 0.1) is 62.4 Å². The van der Waals surface area contributed by atoms with E-state index in [2.05, 4.69) is 153 Å². The molecule has 4 aliphatic rings. The van der Waals surface area contributed by atoms with E-state index in [1.807, 2.05) is 120 Å². The van der Waals surface area contributed by atoms with Crippen molar-refractivity contribution in [3.63, 3.8) is 0 Å². The number of aliphatic carboxylic acids is 1. The summed E-state index contributed by atoms with van der Waals surface area (Å²) >= 11 is 8.26. The lowest BCUT2D eigenvalue weighted by atomic mass is 9.73. The molecule has 6 aromatic rings. The molecule has 0 bridgehead atoms. The second kappa shape index (κ2) is 34.4. The molecule has 0 aromatic carbocycles. The number of carbonyl (C=O) groups excluding carboxylic acids is 2. The number of rotatable bonds is 17. The average Bonchev–Trinajstić information content (AvgIpc) is 1.59. The normalized spacial score (nSPS) is 18.3. The molecule has 104 heavy (non-hydrogen) atoms. The summed E-state index contributed by atoms with van der Waals surface area (Å²) in [5.41, 5.74) is 13.2. The van der Waals surface area contributed by atoms with Gasteiger partial charge in [0, 0.05) is 65.8 Å². The van der Waals surface area contributed by atoms with E-state index in [1.165, 1.54) is 22.3 Å². The molecule has 3 unspecified atom stereocenters. The largest absolute Gasteiger partial charge is 0.506 e. The van der Waals surface area contributed by atoms with Crippen molar-refractivity contribution in [1.82, 2.24) is 15.0 Å². The van der Waals surface area contributed by atoms with Crippen LogP contribution in [0.3, 0.4) is 0 Å². The van der Waals surface area contributed by atoms with E-state index in [0.29, 0.717) is 13.2 Å². The summed E-state index contributed by atoms with van der Waals surface area (Å²) in [4.78, 5) is 57.3. The minimum absolute atomic E-state index is 0.266. The number of aromatic nitrogens is 3. The first kappa shape index (κ1) is 85.8. The van der Waals surface area contributed by atoms with Crippen molar-refractivity contribution in [3.05, 3.63) is 143 Å². The fourth-order valence-electron chi connectivity index (χ4n) is 13.1. The van der Waals surface area contributed by atoms with Gasteiger partial charge in [-0.3, -0.25) is 9.97 Å². The van der Waals surface area contributed by atoms with Crippen molar-refractivity contribution in [2.24, 2.45) is 16.2 Å². The summed E-state index contributed by atoms with van der Waals surface area (Å²) in [5.74, 6) is -1.63. The summed E-state index contributed by atoms with van der Waals surface area (Å²) < 4.78 is 44.7. The van der Waals surface area contributed by atoms with Crippen LogP contribution in [-0.4, -0.2) is 86.3 Å². The number of pyridine rings is 3. The Bertz CT molecular complexity index is 4070. The maximum atomic E-state index is 13.2. The summed E-state index contributed by atoms with van der Waals surface area (Å²) in [7, 11) is -0.495. The summed E-state index contributed by atoms with van der Waals surface area (Å²) in [6.45, 7) is 56.2. The predicted octanol–water partition coefficient (Wildman–Crippen LogP) is 22.9. The summed E-state index contributed by atoms with van der Waals surface area (Å²) in [5, 5.41) is 10.1. The molecule has 10 rings (SSSR count). The minimum Gasteiger partial charge on any atom is -0.479 e. The Morgan fingerprint density at radius 3 is 1.14 bits per heavy atom. The Hall–Kier alpha value is -5.48. The van der Waals surface area contributed by atoms with E-state index in [-0.39, 0.29) is 28.2 Å². The van der Waals surface area contributed by atoms with Crippen LogP contribution in [0, 0.1) is 57.8 Å². The van der Waals surface area contributed by atoms with Crippen molar-refractivity contribution < 1.29 is 52.5 Å². The molecule has 1 aliphatic heterocycles. The van der Waals surface area contributed by atoms with Gasteiger partial charge < -0.3 is 38.1 Å². The van der Waals surface area contributed by atoms with Crippen LogP contribution < -0.4 is 4.78 Å². The van der Waals surface area contributed by atoms with Crippen LogP contribution in [0.4, 0.5) is 0 Å². The number of carboxylic acids is 1. The van der Waals surface area contributed by atoms with E-state index in [4.69, 9.17) is 38.0 Å². The van der Waals surface area contributed by atoms with Gasteiger partial charge in [0.1, 0.15) is 4.60 Å². The molecule has 14 nitrogen and oxygen atoms in total. The molecule has 1 N–H and O–H groups in total. The van der Waals surface area contributed by atoms with Gasteiger partial charge in [0.15, 0.2) is 18.3 Å². The monoisotopic (exact) mass is 1540 g/mol. The molecule has 0 spiro atoms. The van der Waals surface area contributed by atoms with Gasteiger partial charge in [-0.2, -0.15) is 0 Å². The first-order chi connectivity index (χ1) is 48.1. The number of carbonyl (C=O) groups is 3. The first-order valence-corrected chi connectivity index (χ1v) is 40.2. The van der Waals surface area contributed by atoms with Gasteiger partial charge >= 0.3 is 25.0 Å². The van der Waals surface area contributed by atoms with Crippen LogP contribution >= 0.6 is 49.9 Å². The second-order valence-electron chi connectivity index (χ2n) is 34.4. The van der Waals surface area contributed by atoms with Crippen LogP contribution in [-0.2, 0) is 47.4 Å². The molecule has 3 aliphatic carbocycles. The minimum atomic E-state index is -1.01. The molecule has 6 aromatic heterocycles. The second-order valence-corrected chi connectivity index (χ2v) is 38.8. The molecule has 1 fully saturated rings. The SMILES string of the molecule is CCOC(=O)C(OC(C)(C)C)c1c(C)sc(-c2ncccc2C)c1C1=CCC(C)(C)CC1.CCOC(=O)C(OC(C)(C)C)c1c(C)sc(B2OC(C)(C)C(C)(C)O2)c1C1=CCC(C)(C)CC1.Cc1cccnc1-c1sc(C)c(C(OC(C)(C)C)C(=O)O)c1C1=CCC(C)(C)CC1.Cc1cccnc1Br. The van der Waals surface area contributed by atoms with Crippen LogP contribution in [0.1, 0.15) is 286 Å². The average molecular weight is 1550 g/mol. The van der Waals surface area contributed by atoms with E-state index in [1.54, 1.807) is 46.4 Å². The highest BCUT2D eigenvalue weighted by molar-refractivity contribution is 9.10. The zero-order valence-electron chi connectivity index (χ0n) is 67.5. The number of hydrogen-bond acceptors (Lipinski definition) is 16. The highest BCUT2D eigenvalue weighted by atomic mass is 79.9. The number of allylic oxidation sites excluding steroid dienone is 6. The Labute approximate surface area is 643 Å². The molecule has 3 atom stereocenters. The number of ether oxygens (including phenoxy) is 5. The van der Waals surface area contributed by atoms with Crippen molar-refractivity contribution in [1.29, 1.82) is 0 Å². The van der Waals surface area contributed by atoms with Crippen molar-refractivity contribution in [2.75, 3.05) is 13.2 Å². The maximum Gasteiger partial charge on any atom is 0.506 e. The molecule has 19 heteroatoms. The van der Waals surface area contributed by atoms with Gasteiger partial charge in [0.25, 0.3) is 0 Å². The zero-order chi connectivity index (χ0) is 77.6. The van der Waals surface area contributed by atoms with E-state index < -0.39 is 59.4 Å². The van der Waals surface area contributed by atoms with Crippen molar-refractivity contribution in [2.45, 2.75) is 291 Å². The van der Waals surface area contributed by atoms with Gasteiger partial charge in [0.2, 0.25) is 0 Å². The van der Waals surface area contributed by atoms with E-state index in [9.17, 15) is 19.5 Å². The third-order valence-electron chi connectivity index (χ3n) is 19.6. The van der Waals surface area contributed by atoms with E-state index >= 15 is 0 Å².